The maximum Gasteiger partial charge on any atom is 0.223 e. The SMILES string of the molecule is CC1(CNC(=O)[C@@H]2CCC[C@@H]2CN)CCNCC1. The first kappa shape index (κ1) is 13.8. The fourth-order valence-electron chi connectivity index (χ4n) is 3.30. The lowest BCUT2D eigenvalue weighted by atomic mass is 9.81. The molecule has 18 heavy (non-hydrogen) atoms. The van der Waals surface area contributed by atoms with Crippen LogP contribution >= 0.6 is 0 Å². The van der Waals surface area contributed by atoms with E-state index >= 15 is 0 Å². The molecule has 0 unspecified atom stereocenters. The molecule has 4 nitrogen and oxygen atoms in total. The Labute approximate surface area is 110 Å². The van der Waals surface area contributed by atoms with Crippen molar-refractivity contribution in [2.45, 2.75) is 39.0 Å². The van der Waals surface area contributed by atoms with Crippen LogP contribution in [0.3, 0.4) is 0 Å². The van der Waals surface area contributed by atoms with Crippen molar-refractivity contribution in [1.29, 1.82) is 0 Å². The van der Waals surface area contributed by atoms with E-state index in [2.05, 4.69) is 17.6 Å². The standard InChI is InChI=1S/C14H27N3O/c1-14(5-7-16-8-6-14)10-17-13(18)12-4-2-3-11(12)9-15/h11-12,16H,2-10,15H2,1H3,(H,17,18)/t11-,12-/m1/s1. The molecule has 0 radical (unpaired) electrons. The number of hydrogen-bond acceptors (Lipinski definition) is 3. The van der Waals surface area contributed by atoms with Crippen LogP contribution in [0.25, 0.3) is 0 Å². The van der Waals surface area contributed by atoms with Gasteiger partial charge in [0.05, 0.1) is 0 Å². The van der Waals surface area contributed by atoms with Crippen LogP contribution in [0, 0.1) is 17.3 Å². The first-order valence-electron chi connectivity index (χ1n) is 7.33. The molecule has 1 saturated heterocycles. The van der Waals surface area contributed by atoms with Gasteiger partial charge < -0.3 is 16.4 Å². The molecule has 4 heteroatoms. The predicted molar refractivity (Wildman–Crippen MR) is 73.1 cm³/mol. The molecule has 0 spiro atoms. The molecule has 1 saturated carbocycles. The fourth-order valence-corrected chi connectivity index (χ4v) is 3.30. The fraction of sp³-hybridized carbons (Fsp3) is 0.929. The van der Waals surface area contributed by atoms with Crippen LogP contribution in [-0.4, -0.2) is 32.1 Å². The Balaban J connectivity index is 1.80. The quantitative estimate of drug-likeness (QED) is 0.696. The minimum absolute atomic E-state index is 0.167. The zero-order valence-electron chi connectivity index (χ0n) is 11.5. The molecule has 0 bridgehead atoms. The van der Waals surface area contributed by atoms with Gasteiger partial charge in [0, 0.05) is 12.5 Å². The summed E-state index contributed by atoms with van der Waals surface area (Å²) in [5, 5.41) is 6.55. The molecule has 4 N–H and O–H groups in total. The summed E-state index contributed by atoms with van der Waals surface area (Å²) < 4.78 is 0. The first-order valence-corrected chi connectivity index (χ1v) is 7.33. The number of piperidine rings is 1. The Morgan fingerprint density at radius 1 is 1.39 bits per heavy atom. The molecule has 1 aliphatic heterocycles. The van der Waals surface area contributed by atoms with Gasteiger partial charge in [-0.1, -0.05) is 13.3 Å². The Morgan fingerprint density at radius 3 is 2.78 bits per heavy atom. The van der Waals surface area contributed by atoms with Gasteiger partial charge in [0.1, 0.15) is 0 Å². The molecule has 2 atom stereocenters. The second-order valence-electron chi connectivity index (χ2n) is 6.31. The highest BCUT2D eigenvalue weighted by Crippen LogP contribution is 2.32. The second kappa shape index (κ2) is 6.02. The van der Waals surface area contributed by atoms with Crippen LogP contribution in [0.2, 0.25) is 0 Å². The summed E-state index contributed by atoms with van der Waals surface area (Å²) >= 11 is 0. The van der Waals surface area contributed by atoms with Gasteiger partial charge >= 0.3 is 0 Å². The van der Waals surface area contributed by atoms with Crippen molar-refractivity contribution in [2.24, 2.45) is 23.0 Å². The minimum atomic E-state index is 0.167. The van der Waals surface area contributed by atoms with E-state index in [-0.39, 0.29) is 17.2 Å². The molecule has 104 valence electrons. The summed E-state index contributed by atoms with van der Waals surface area (Å²) in [5.74, 6) is 0.814. The van der Waals surface area contributed by atoms with E-state index in [0.717, 1.165) is 51.7 Å². The number of rotatable bonds is 4. The van der Waals surface area contributed by atoms with E-state index in [1.165, 1.54) is 0 Å². The Bertz CT molecular complexity index is 287. The van der Waals surface area contributed by atoms with Gasteiger partial charge in [-0.05, 0) is 56.7 Å². The molecule has 1 aliphatic carbocycles. The van der Waals surface area contributed by atoms with Crippen LogP contribution in [-0.2, 0) is 4.79 Å². The van der Waals surface area contributed by atoms with Crippen molar-refractivity contribution in [2.75, 3.05) is 26.2 Å². The average molecular weight is 253 g/mol. The lowest BCUT2D eigenvalue weighted by molar-refractivity contribution is -0.126. The van der Waals surface area contributed by atoms with E-state index in [1.54, 1.807) is 0 Å². The van der Waals surface area contributed by atoms with Crippen LogP contribution in [0.15, 0.2) is 0 Å². The summed E-state index contributed by atoms with van der Waals surface area (Å²) in [6.45, 7) is 5.90. The van der Waals surface area contributed by atoms with Gasteiger partial charge in [-0.2, -0.15) is 0 Å². The van der Waals surface area contributed by atoms with E-state index in [0.29, 0.717) is 12.5 Å². The van der Waals surface area contributed by atoms with Crippen molar-refractivity contribution in [3.63, 3.8) is 0 Å². The number of carbonyl (C=O) groups excluding carboxylic acids is 1. The van der Waals surface area contributed by atoms with E-state index in [4.69, 9.17) is 5.73 Å². The number of nitrogens with one attached hydrogen (secondary N) is 2. The normalized spacial score (nSPS) is 31.2. The second-order valence-corrected chi connectivity index (χ2v) is 6.31. The number of carbonyl (C=O) groups is 1. The first-order chi connectivity index (χ1) is 8.64. The smallest absolute Gasteiger partial charge is 0.223 e. The topological polar surface area (TPSA) is 67.2 Å². The highest BCUT2D eigenvalue weighted by Gasteiger charge is 2.33. The maximum absolute atomic E-state index is 12.2. The maximum atomic E-state index is 12.2. The van der Waals surface area contributed by atoms with Gasteiger partial charge in [-0.15, -0.1) is 0 Å². The molecule has 1 heterocycles. The van der Waals surface area contributed by atoms with Crippen molar-refractivity contribution in [1.82, 2.24) is 10.6 Å². The lowest BCUT2D eigenvalue weighted by Crippen LogP contribution is -2.45. The summed E-state index contributed by atoms with van der Waals surface area (Å²) in [7, 11) is 0. The Kier molecular flexibility index (Phi) is 4.62. The highest BCUT2D eigenvalue weighted by molar-refractivity contribution is 5.79. The third kappa shape index (κ3) is 3.23. The monoisotopic (exact) mass is 253 g/mol. The third-order valence-corrected chi connectivity index (χ3v) is 4.80. The highest BCUT2D eigenvalue weighted by atomic mass is 16.1. The van der Waals surface area contributed by atoms with Crippen molar-refractivity contribution in [3.05, 3.63) is 0 Å². The van der Waals surface area contributed by atoms with E-state index in [9.17, 15) is 4.79 Å². The third-order valence-electron chi connectivity index (χ3n) is 4.80. The van der Waals surface area contributed by atoms with E-state index in [1.807, 2.05) is 0 Å². The van der Waals surface area contributed by atoms with E-state index < -0.39 is 0 Å². The molecule has 2 rings (SSSR count). The molecule has 2 aliphatic rings. The zero-order chi connectivity index (χ0) is 13.0. The van der Waals surface area contributed by atoms with Gasteiger partial charge in [0.25, 0.3) is 0 Å². The number of hydrogen-bond donors (Lipinski definition) is 3. The zero-order valence-corrected chi connectivity index (χ0v) is 11.5. The van der Waals surface area contributed by atoms with Crippen LogP contribution in [0.1, 0.15) is 39.0 Å². The van der Waals surface area contributed by atoms with Crippen molar-refractivity contribution >= 4 is 5.91 Å². The van der Waals surface area contributed by atoms with Gasteiger partial charge in [-0.3, -0.25) is 4.79 Å². The van der Waals surface area contributed by atoms with Crippen LogP contribution < -0.4 is 16.4 Å². The summed E-state index contributed by atoms with van der Waals surface area (Å²) in [4.78, 5) is 12.2. The predicted octanol–water partition coefficient (Wildman–Crippen LogP) is 0.867. The molecule has 1 amide bonds. The molecular formula is C14H27N3O. The number of amides is 1. The van der Waals surface area contributed by atoms with Gasteiger partial charge in [0.15, 0.2) is 0 Å². The van der Waals surface area contributed by atoms with Crippen LogP contribution in [0.4, 0.5) is 0 Å². The van der Waals surface area contributed by atoms with Crippen molar-refractivity contribution < 1.29 is 4.79 Å². The molecule has 0 aromatic heterocycles. The number of nitrogens with two attached hydrogens (primary N) is 1. The summed E-state index contributed by atoms with van der Waals surface area (Å²) in [6, 6.07) is 0. The molecule has 2 fully saturated rings. The molecule has 0 aromatic rings. The van der Waals surface area contributed by atoms with Crippen LogP contribution in [0.5, 0.6) is 0 Å². The average Bonchev–Trinajstić information content (AvgIpc) is 2.85. The minimum Gasteiger partial charge on any atom is -0.355 e. The summed E-state index contributed by atoms with van der Waals surface area (Å²) in [5.41, 5.74) is 6.01. The summed E-state index contributed by atoms with van der Waals surface area (Å²) in [6.07, 6.45) is 5.60. The Hall–Kier alpha value is -0.610. The largest absolute Gasteiger partial charge is 0.355 e. The van der Waals surface area contributed by atoms with Crippen molar-refractivity contribution in [3.8, 4) is 0 Å². The van der Waals surface area contributed by atoms with Gasteiger partial charge in [0.2, 0.25) is 5.91 Å². The molecular weight excluding hydrogens is 226 g/mol. The molecule has 0 aromatic carbocycles. The van der Waals surface area contributed by atoms with Gasteiger partial charge in [-0.25, -0.2) is 0 Å². The Morgan fingerprint density at radius 2 is 2.11 bits per heavy atom. The lowest BCUT2D eigenvalue weighted by Gasteiger charge is -2.34.